The van der Waals surface area contributed by atoms with Crippen LogP contribution in [0.1, 0.15) is 0 Å². The van der Waals surface area contributed by atoms with Crippen LogP contribution in [-0.2, 0) is 14.8 Å². The van der Waals surface area contributed by atoms with Crippen LogP contribution in [0.5, 0.6) is 5.75 Å². The van der Waals surface area contributed by atoms with Crippen LogP contribution < -0.4 is 15.2 Å². The number of sulfonamides is 1. The SMILES string of the molecule is COCCNS(=O)(=O)c1cc(N)c(OC)c(Cl)c1. The number of anilines is 1. The molecule has 0 spiro atoms. The third kappa shape index (κ3) is 3.49. The van der Waals surface area contributed by atoms with Gasteiger partial charge in [0.05, 0.1) is 29.3 Å². The Morgan fingerprint density at radius 3 is 2.56 bits per heavy atom. The van der Waals surface area contributed by atoms with Gasteiger partial charge in [-0.25, -0.2) is 13.1 Å². The molecule has 0 aliphatic rings. The van der Waals surface area contributed by atoms with E-state index in [-0.39, 0.29) is 34.5 Å². The van der Waals surface area contributed by atoms with Crippen molar-refractivity contribution in [2.75, 3.05) is 33.1 Å². The van der Waals surface area contributed by atoms with E-state index in [1.54, 1.807) is 0 Å². The molecule has 18 heavy (non-hydrogen) atoms. The van der Waals surface area contributed by atoms with Gasteiger partial charge in [0, 0.05) is 13.7 Å². The molecular formula is C10H15ClN2O4S. The minimum atomic E-state index is -3.65. The molecule has 0 atom stereocenters. The maximum Gasteiger partial charge on any atom is 0.240 e. The first-order valence-electron chi connectivity index (χ1n) is 5.04. The van der Waals surface area contributed by atoms with Crippen molar-refractivity contribution in [1.82, 2.24) is 4.72 Å². The number of halogens is 1. The monoisotopic (exact) mass is 294 g/mol. The lowest BCUT2D eigenvalue weighted by Crippen LogP contribution is -2.27. The molecule has 1 aromatic carbocycles. The molecule has 1 aromatic rings. The Bertz CT molecular complexity index is 496. The van der Waals surface area contributed by atoms with Gasteiger partial charge in [0.15, 0.2) is 5.75 Å². The van der Waals surface area contributed by atoms with Crippen molar-refractivity contribution >= 4 is 27.3 Å². The second-order valence-electron chi connectivity index (χ2n) is 3.42. The van der Waals surface area contributed by atoms with Crippen molar-refractivity contribution in [2.24, 2.45) is 0 Å². The lowest BCUT2D eigenvalue weighted by molar-refractivity contribution is 0.204. The van der Waals surface area contributed by atoms with Crippen molar-refractivity contribution < 1.29 is 17.9 Å². The lowest BCUT2D eigenvalue weighted by atomic mass is 10.3. The molecule has 3 N–H and O–H groups in total. The van der Waals surface area contributed by atoms with Crippen LogP contribution in [0, 0.1) is 0 Å². The van der Waals surface area contributed by atoms with Crippen molar-refractivity contribution in [1.29, 1.82) is 0 Å². The molecule has 0 unspecified atom stereocenters. The molecule has 0 heterocycles. The van der Waals surface area contributed by atoms with Crippen molar-refractivity contribution in [3.05, 3.63) is 17.2 Å². The van der Waals surface area contributed by atoms with Gasteiger partial charge in [-0.15, -0.1) is 0 Å². The fraction of sp³-hybridized carbons (Fsp3) is 0.400. The number of methoxy groups -OCH3 is 2. The zero-order valence-electron chi connectivity index (χ0n) is 10.1. The number of nitrogens with one attached hydrogen (secondary N) is 1. The first-order valence-corrected chi connectivity index (χ1v) is 6.90. The molecule has 6 nitrogen and oxygen atoms in total. The summed E-state index contributed by atoms with van der Waals surface area (Å²) >= 11 is 5.88. The molecule has 0 amide bonds. The summed E-state index contributed by atoms with van der Waals surface area (Å²) in [6, 6.07) is 2.58. The Labute approximate surface area is 111 Å². The average molecular weight is 295 g/mol. The van der Waals surface area contributed by atoms with E-state index in [1.165, 1.54) is 26.4 Å². The molecular weight excluding hydrogens is 280 g/mol. The van der Waals surface area contributed by atoms with Crippen LogP contribution in [0.3, 0.4) is 0 Å². The van der Waals surface area contributed by atoms with E-state index in [0.717, 1.165) is 0 Å². The molecule has 8 heteroatoms. The minimum Gasteiger partial charge on any atom is -0.493 e. The number of benzene rings is 1. The second-order valence-corrected chi connectivity index (χ2v) is 5.59. The summed E-state index contributed by atoms with van der Waals surface area (Å²) in [6.07, 6.45) is 0. The molecule has 0 aromatic heterocycles. The molecule has 0 saturated carbocycles. The molecule has 0 bridgehead atoms. The van der Waals surface area contributed by atoms with Gasteiger partial charge in [-0.05, 0) is 12.1 Å². The lowest BCUT2D eigenvalue weighted by Gasteiger charge is -2.11. The molecule has 1 rings (SSSR count). The number of ether oxygens (including phenoxy) is 2. The van der Waals surface area contributed by atoms with E-state index in [0.29, 0.717) is 0 Å². The molecule has 0 saturated heterocycles. The molecule has 0 aliphatic carbocycles. The van der Waals surface area contributed by atoms with Crippen molar-refractivity contribution in [3.63, 3.8) is 0 Å². The average Bonchev–Trinajstić information content (AvgIpc) is 2.28. The highest BCUT2D eigenvalue weighted by atomic mass is 35.5. The number of hydrogen-bond donors (Lipinski definition) is 2. The van der Waals surface area contributed by atoms with E-state index in [2.05, 4.69) is 4.72 Å². The summed E-state index contributed by atoms with van der Waals surface area (Å²) in [5.41, 5.74) is 5.82. The highest BCUT2D eigenvalue weighted by Gasteiger charge is 2.17. The first-order chi connectivity index (χ1) is 8.42. The van der Waals surface area contributed by atoms with E-state index < -0.39 is 10.0 Å². The molecule has 0 aliphatic heterocycles. The Hall–Kier alpha value is -1.02. The number of nitrogen functional groups attached to an aromatic ring is 1. The molecule has 0 radical (unpaired) electrons. The zero-order valence-corrected chi connectivity index (χ0v) is 11.6. The van der Waals surface area contributed by atoms with Crippen LogP contribution in [0.25, 0.3) is 0 Å². The highest BCUT2D eigenvalue weighted by molar-refractivity contribution is 7.89. The van der Waals surface area contributed by atoms with Gasteiger partial charge in [-0.1, -0.05) is 11.6 Å². The summed E-state index contributed by atoms with van der Waals surface area (Å²) in [6.45, 7) is 0.445. The van der Waals surface area contributed by atoms with Gasteiger partial charge in [0.2, 0.25) is 10.0 Å². The highest BCUT2D eigenvalue weighted by Crippen LogP contribution is 2.33. The Morgan fingerprint density at radius 2 is 2.06 bits per heavy atom. The Kier molecular flexibility index (Phi) is 5.21. The predicted octanol–water partition coefficient (Wildman–Crippen LogP) is 0.856. The summed E-state index contributed by atoms with van der Waals surface area (Å²) < 4.78 is 35.8. The number of nitrogens with two attached hydrogens (primary N) is 1. The van der Waals surface area contributed by atoms with Crippen LogP contribution in [0.4, 0.5) is 5.69 Å². The number of rotatable bonds is 6. The summed E-state index contributed by atoms with van der Waals surface area (Å²) in [7, 11) is -0.764. The molecule has 102 valence electrons. The van der Waals surface area contributed by atoms with E-state index in [4.69, 9.17) is 26.8 Å². The summed E-state index contributed by atoms with van der Waals surface area (Å²) in [5.74, 6) is 0.257. The maximum atomic E-state index is 11.9. The minimum absolute atomic E-state index is 0.0121. The van der Waals surface area contributed by atoms with E-state index in [9.17, 15) is 8.42 Å². The third-order valence-electron chi connectivity index (χ3n) is 2.16. The number of hydrogen-bond acceptors (Lipinski definition) is 5. The third-order valence-corrected chi connectivity index (χ3v) is 3.88. The van der Waals surface area contributed by atoms with Gasteiger partial charge in [-0.3, -0.25) is 0 Å². The van der Waals surface area contributed by atoms with E-state index >= 15 is 0 Å². The quantitative estimate of drug-likeness (QED) is 0.600. The maximum absolute atomic E-state index is 11.9. The van der Waals surface area contributed by atoms with Gasteiger partial charge in [0.25, 0.3) is 0 Å². The largest absolute Gasteiger partial charge is 0.493 e. The summed E-state index contributed by atoms with van der Waals surface area (Å²) in [5, 5.41) is 0.143. The van der Waals surface area contributed by atoms with Crippen molar-refractivity contribution in [3.8, 4) is 5.75 Å². The first kappa shape index (κ1) is 15.0. The normalized spacial score (nSPS) is 11.5. The topological polar surface area (TPSA) is 90.7 Å². The fourth-order valence-corrected chi connectivity index (χ4v) is 2.76. The van der Waals surface area contributed by atoms with Crippen LogP contribution >= 0.6 is 11.6 Å². The van der Waals surface area contributed by atoms with Crippen LogP contribution in [-0.4, -0.2) is 35.8 Å². The van der Waals surface area contributed by atoms with Crippen LogP contribution in [0.2, 0.25) is 5.02 Å². The van der Waals surface area contributed by atoms with Crippen molar-refractivity contribution in [2.45, 2.75) is 4.90 Å². The standard InChI is InChI=1S/C10H15ClN2O4S/c1-16-4-3-13-18(14,15)7-5-8(11)10(17-2)9(12)6-7/h5-6,13H,3-4,12H2,1-2H3. The zero-order chi connectivity index (χ0) is 13.8. The second kappa shape index (κ2) is 6.24. The van der Waals surface area contributed by atoms with Gasteiger partial charge in [-0.2, -0.15) is 0 Å². The smallest absolute Gasteiger partial charge is 0.240 e. The summed E-state index contributed by atoms with van der Waals surface area (Å²) in [4.78, 5) is -0.0121. The molecule has 0 fully saturated rings. The van der Waals surface area contributed by atoms with Gasteiger partial charge < -0.3 is 15.2 Å². The van der Waals surface area contributed by atoms with Crippen LogP contribution in [0.15, 0.2) is 17.0 Å². The van der Waals surface area contributed by atoms with Gasteiger partial charge >= 0.3 is 0 Å². The predicted molar refractivity (Wildman–Crippen MR) is 69.5 cm³/mol. The van der Waals surface area contributed by atoms with Gasteiger partial charge in [0.1, 0.15) is 0 Å². The Balaban J connectivity index is 3.03. The van der Waals surface area contributed by atoms with E-state index in [1.807, 2.05) is 0 Å². The fourth-order valence-electron chi connectivity index (χ4n) is 1.32. The Morgan fingerprint density at radius 1 is 1.39 bits per heavy atom.